The van der Waals surface area contributed by atoms with Crippen LogP contribution in [-0.2, 0) is 12.0 Å². The summed E-state index contributed by atoms with van der Waals surface area (Å²) in [5.41, 5.74) is 4.00. The van der Waals surface area contributed by atoms with Gasteiger partial charge in [-0.2, -0.15) is 0 Å². The Labute approximate surface area is 257 Å². The van der Waals surface area contributed by atoms with Crippen molar-refractivity contribution in [2.45, 2.75) is 104 Å². The molecule has 0 spiro atoms. The molecule has 4 saturated carbocycles. The van der Waals surface area contributed by atoms with E-state index in [1.54, 1.807) is 12.1 Å². The second kappa shape index (κ2) is 10.0. The average molecular weight is 586 g/mol. The van der Waals surface area contributed by atoms with Crippen LogP contribution in [0, 0.1) is 45.8 Å². The molecule has 5 aliphatic carbocycles. The molecular weight excluding hydrogens is 534 g/mol. The summed E-state index contributed by atoms with van der Waals surface area (Å²) in [5.74, 6) is 4.06. The summed E-state index contributed by atoms with van der Waals surface area (Å²) in [4.78, 5) is 13.5. The van der Waals surface area contributed by atoms with E-state index in [0.29, 0.717) is 52.0 Å². The fraction of sp³-hybridized carbons (Fsp3) is 0.703. The Bertz CT molecular complexity index is 1430. The minimum Gasteiger partial charge on any atom is -0.478 e. The quantitative estimate of drug-likeness (QED) is 0.381. The third kappa shape index (κ3) is 4.10. The van der Waals surface area contributed by atoms with E-state index in [0.717, 1.165) is 24.1 Å². The Morgan fingerprint density at radius 2 is 1.70 bits per heavy atom. The van der Waals surface area contributed by atoms with Crippen LogP contribution in [0.4, 0.5) is 0 Å². The van der Waals surface area contributed by atoms with Crippen LogP contribution in [0.15, 0.2) is 34.8 Å². The molecule has 0 amide bonds. The van der Waals surface area contributed by atoms with E-state index in [2.05, 4.69) is 57.9 Å². The van der Waals surface area contributed by atoms with E-state index in [4.69, 9.17) is 9.52 Å². The van der Waals surface area contributed by atoms with E-state index in [1.165, 1.54) is 68.9 Å². The summed E-state index contributed by atoms with van der Waals surface area (Å²) < 4.78 is 6.45. The molecule has 0 radical (unpaired) electrons. The SMILES string of the molecule is CC1C(c2ccc(C(=O)O)cc2)=CCC2(C)C1CCC1(C)[C@@H]2CCC2[C@H]3CCCC3(c3nnc(CN(C)C)o3)CC[C@]21C. The molecule has 7 rings (SSSR count). The third-order valence-corrected chi connectivity index (χ3v) is 14.4. The van der Waals surface area contributed by atoms with Gasteiger partial charge in [-0.15, -0.1) is 10.2 Å². The molecule has 1 aromatic heterocycles. The first-order valence-electron chi connectivity index (χ1n) is 16.9. The molecule has 1 N–H and O–H groups in total. The van der Waals surface area contributed by atoms with Crippen molar-refractivity contribution >= 4 is 11.5 Å². The van der Waals surface area contributed by atoms with Gasteiger partial charge in [-0.05, 0) is 141 Å². The molecule has 6 nitrogen and oxygen atoms in total. The number of carbonyl (C=O) groups is 1. The zero-order valence-corrected chi connectivity index (χ0v) is 27.2. The van der Waals surface area contributed by atoms with Gasteiger partial charge in [0.15, 0.2) is 0 Å². The van der Waals surface area contributed by atoms with Crippen LogP contribution < -0.4 is 0 Å². The summed E-state index contributed by atoms with van der Waals surface area (Å²) >= 11 is 0. The zero-order chi connectivity index (χ0) is 30.4. The van der Waals surface area contributed by atoms with Crippen LogP contribution in [0.25, 0.3) is 5.57 Å². The number of allylic oxidation sites excluding steroid dienone is 2. The fourth-order valence-corrected chi connectivity index (χ4v) is 12.2. The Morgan fingerprint density at radius 3 is 2.42 bits per heavy atom. The molecular formula is C37H51N3O3. The molecule has 232 valence electrons. The van der Waals surface area contributed by atoms with Crippen molar-refractivity contribution in [1.29, 1.82) is 0 Å². The van der Waals surface area contributed by atoms with Crippen molar-refractivity contribution in [2.24, 2.45) is 45.8 Å². The minimum absolute atomic E-state index is 0.0687. The maximum absolute atomic E-state index is 11.4. The number of fused-ring (bicyclic) bond motifs is 7. The average Bonchev–Trinajstić information content (AvgIpc) is 3.61. The van der Waals surface area contributed by atoms with E-state index >= 15 is 0 Å². The van der Waals surface area contributed by atoms with Crippen LogP contribution >= 0.6 is 0 Å². The van der Waals surface area contributed by atoms with Crippen molar-refractivity contribution in [3.05, 3.63) is 53.2 Å². The third-order valence-electron chi connectivity index (χ3n) is 14.4. The van der Waals surface area contributed by atoms with Gasteiger partial charge < -0.3 is 14.4 Å². The van der Waals surface area contributed by atoms with Crippen LogP contribution in [0.1, 0.15) is 120 Å². The standard InChI is InChI=1S/C37H51N3O3/c1-23-26(24-9-11-25(12-10-24)32(41)42)15-18-34(2)27(23)16-19-36(4)30(34)14-13-28-29-8-7-17-37(29,21-20-35(28,36)3)33-39-38-31(43-33)22-40(5)6/h9-12,15,23,27-30H,7-8,13-14,16-22H2,1-6H3,(H,41,42)/t23?,27?,28?,29-,30-,34?,35-,36?,37?/m1/s1. The molecule has 9 atom stereocenters. The number of aromatic carboxylic acids is 1. The second-order valence-corrected chi connectivity index (χ2v) is 16.2. The van der Waals surface area contributed by atoms with Crippen molar-refractivity contribution in [3.8, 4) is 0 Å². The fourth-order valence-electron chi connectivity index (χ4n) is 12.2. The summed E-state index contributed by atoms with van der Waals surface area (Å²) in [6.07, 6.45) is 15.1. The van der Waals surface area contributed by atoms with E-state index in [1.807, 2.05) is 12.1 Å². The number of benzene rings is 1. The van der Waals surface area contributed by atoms with Gasteiger partial charge in [0, 0.05) is 0 Å². The lowest BCUT2D eigenvalue weighted by atomic mass is 9.33. The summed E-state index contributed by atoms with van der Waals surface area (Å²) in [6.45, 7) is 11.2. The van der Waals surface area contributed by atoms with E-state index in [9.17, 15) is 9.90 Å². The molecule has 5 aliphatic rings. The molecule has 6 heteroatoms. The number of rotatable bonds is 5. The maximum atomic E-state index is 11.4. The first-order chi connectivity index (χ1) is 20.4. The normalized spacial score (nSPS) is 42.0. The Morgan fingerprint density at radius 1 is 0.930 bits per heavy atom. The second-order valence-electron chi connectivity index (χ2n) is 16.2. The lowest BCUT2D eigenvalue weighted by molar-refractivity contribution is -0.211. The van der Waals surface area contributed by atoms with Crippen LogP contribution in [0.5, 0.6) is 0 Å². The van der Waals surface area contributed by atoms with Gasteiger partial charge in [-0.1, -0.05) is 52.3 Å². The maximum Gasteiger partial charge on any atom is 0.335 e. The predicted octanol–water partition coefficient (Wildman–Crippen LogP) is 8.24. The van der Waals surface area contributed by atoms with Crippen molar-refractivity contribution in [1.82, 2.24) is 15.1 Å². The molecule has 43 heavy (non-hydrogen) atoms. The summed E-state index contributed by atoms with van der Waals surface area (Å²) in [7, 11) is 4.12. The van der Waals surface area contributed by atoms with Gasteiger partial charge in [0.05, 0.1) is 17.5 Å². The van der Waals surface area contributed by atoms with Crippen LogP contribution in [0.3, 0.4) is 0 Å². The minimum atomic E-state index is -0.857. The van der Waals surface area contributed by atoms with Crippen molar-refractivity contribution in [3.63, 3.8) is 0 Å². The predicted molar refractivity (Wildman–Crippen MR) is 168 cm³/mol. The highest BCUT2D eigenvalue weighted by Crippen LogP contribution is 2.76. The van der Waals surface area contributed by atoms with Gasteiger partial charge in [-0.3, -0.25) is 0 Å². The van der Waals surface area contributed by atoms with Crippen molar-refractivity contribution in [2.75, 3.05) is 14.1 Å². The van der Waals surface area contributed by atoms with Gasteiger partial charge in [0.25, 0.3) is 0 Å². The molecule has 0 saturated heterocycles. The van der Waals surface area contributed by atoms with Gasteiger partial charge in [-0.25, -0.2) is 4.79 Å². The lowest BCUT2D eigenvalue weighted by Gasteiger charge is -2.71. The molecule has 0 bridgehead atoms. The monoisotopic (exact) mass is 585 g/mol. The van der Waals surface area contributed by atoms with Crippen LogP contribution in [0.2, 0.25) is 0 Å². The smallest absolute Gasteiger partial charge is 0.335 e. The van der Waals surface area contributed by atoms with E-state index < -0.39 is 5.97 Å². The molecule has 6 unspecified atom stereocenters. The number of hydrogen-bond acceptors (Lipinski definition) is 5. The molecule has 1 heterocycles. The van der Waals surface area contributed by atoms with Gasteiger partial charge >= 0.3 is 5.97 Å². The first-order valence-corrected chi connectivity index (χ1v) is 16.9. The molecule has 1 aromatic carbocycles. The molecule has 4 fully saturated rings. The number of carboxylic acid groups (broad SMARTS) is 1. The summed E-state index contributed by atoms with van der Waals surface area (Å²) in [5, 5.41) is 18.6. The molecule has 0 aliphatic heterocycles. The van der Waals surface area contributed by atoms with E-state index in [-0.39, 0.29) is 5.41 Å². The number of nitrogens with zero attached hydrogens (tertiary/aromatic N) is 3. The highest BCUT2D eigenvalue weighted by Gasteiger charge is 2.69. The largest absolute Gasteiger partial charge is 0.478 e. The first kappa shape index (κ1) is 29.3. The Balaban J connectivity index is 1.18. The Kier molecular flexibility index (Phi) is 6.82. The van der Waals surface area contributed by atoms with Gasteiger partial charge in [0.2, 0.25) is 11.8 Å². The number of aromatic nitrogens is 2. The van der Waals surface area contributed by atoms with Crippen molar-refractivity contribution < 1.29 is 14.3 Å². The highest BCUT2D eigenvalue weighted by molar-refractivity contribution is 5.88. The zero-order valence-electron chi connectivity index (χ0n) is 27.2. The molecule has 2 aromatic rings. The highest BCUT2D eigenvalue weighted by atomic mass is 16.4. The summed E-state index contributed by atoms with van der Waals surface area (Å²) in [6, 6.07) is 7.58. The lowest BCUT2D eigenvalue weighted by Crippen LogP contribution is -2.64. The topological polar surface area (TPSA) is 79.5 Å². The number of carboxylic acids is 1. The number of hydrogen-bond donors (Lipinski definition) is 1. The van der Waals surface area contributed by atoms with Crippen LogP contribution in [-0.4, -0.2) is 40.3 Å². The van der Waals surface area contributed by atoms with Gasteiger partial charge in [0.1, 0.15) is 0 Å². The Hall–Kier alpha value is -2.47.